The Morgan fingerprint density at radius 2 is 1.00 bits per heavy atom. The fourth-order valence-electron chi connectivity index (χ4n) is 0. The normalized spacial score (nSPS) is 0. The molecular weight excluding hydrogens is 282 g/mol. The third kappa shape index (κ3) is 19.5. The molecule has 0 aromatic carbocycles. The fourth-order valence-corrected chi connectivity index (χ4v) is 0. The maximum atomic E-state index is 0. The predicted octanol–water partition coefficient (Wildman–Crippen LogP) is -0.833. The standard InChI is InChI=1S/Cu.Fe.Ni.H2O.Sr.H/h;;;1H2;;/q;;;;+1;/p-1. The van der Waals surface area contributed by atoms with E-state index in [4.69, 9.17) is 0 Å². The molecule has 0 fully saturated rings. The SMILES string of the molecule is [Cu].[Fe].[Ni].[OH-].[SrH+]. The van der Waals surface area contributed by atoms with Crippen LogP contribution in [-0.4, -0.2) is 51.0 Å². The Morgan fingerprint density at radius 1 is 1.00 bits per heavy atom. The minimum absolute atomic E-state index is 0. The summed E-state index contributed by atoms with van der Waals surface area (Å²) in [5, 5.41) is 0. The molecule has 0 saturated heterocycles. The summed E-state index contributed by atoms with van der Waals surface area (Å²) in [4.78, 5) is 0. The van der Waals surface area contributed by atoms with Crippen molar-refractivity contribution in [3.63, 3.8) is 0 Å². The van der Waals surface area contributed by atoms with Crippen LogP contribution in [0.1, 0.15) is 0 Å². The first-order valence-corrected chi connectivity index (χ1v) is 0. The van der Waals surface area contributed by atoms with E-state index >= 15 is 0 Å². The van der Waals surface area contributed by atoms with Gasteiger partial charge in [0.2, 0.25) is 0 Å². The summed E-state index contributed by atoms with van der Waals surface area (Å²) in [5.74, 6) is 0. The summed E-state index contributed by atoms with van der Waals surface area (Å²) in [5.41, 5.74) is 0. The second-order valence-corrected chi connectivity index (χ2v) is 0. The Hall–Kier alpha value is 2.97. The van der Waals surface area contributed by atoms with Gasteiger partial charge in [-0.15, -0.1) is 0 Å². The van der Waals surface area contributed by atoms with E-state index in [0.29, 0.717) is 0 Å². The van der Waals surface area contributed by atoms with Crippen LogP contribution in [0.15, 0.2) is 0 Å². The van der Waals surface area contributed by atoms with Crippen molar-refractivity contribution in [2.75, 3.05) is 0 Å². The van der Waals surface area contributed by atoms with Crippen molar-refractivity contribution in [3.05, 3.63) is 0 Å². The molecule has 0 saturated carbocycles. The molecule has 5 heavy (non-hydrogen) atoms. The van der Waals surface area contributed by atoms with E-state index in [1.807, 2.05) is 0 Å². The van der Waals surface area contributed by atoms with E-state index in [9.17, 15) is 0 Å². The molecule has 0 atom stereocenters. The monoisotopic (exact) mass is 283 g/mol. The first kappa shape index (κ1) is 43.9. The Morgan fingerprint density at radius 3 is 1.00 bits per heavy atom. The van der Waals surface area contributed by atoms with Crippen molar-refractivity contribution >= 4 is 45.5 Å². The van der Waals surface area contributed by atoms with Crippen molar-refractivity contribution in [1.82, 2.24) is 0 Å². The molecule has 0 unspecified atom stereocenters. The van der Waals surface area contributed by atoms with Gasteiger partial charge in [-0.3, -0.25) is 0 Å². The molecule has 0 aromatic heterocycles. The van der Waals surface area contributed by atoms with Crippen LogP contribution in [0.2, 0.25) is 0 Å². The summed E-state index contributed by atoms with van der Waals surface area (Å²) in [6, 6.07) is 0. The fraction of sp³-hybridized carbons (Fsp3) is 0. The summed E-state index contributed by atoms with van der Waals surface area (Å²) in [6.07, 6.45) is 0. The van der Waals surface area contributed by atoms with Gasteiger partial charge in [0, 0.05) is 50.6 Å². The van der Waals surface area contributed by atoms with Crippen molar-refractivity contribution in [1.29, 1.82) is 0 Å². The van der Waals surface area contributed by atoms with E-state index in [1.165, 1.54) is 0 Å². The maximum absolute atomic E-state index is 0. The van der Waals surface area contributed by atoms with Gasteiger partial charge in [-0.2, -0.15) is 0 Å². The number of rotatable bonds is 0. The zero-order chi connectivity index (χ0) is 0. The average Bonchev–Trinajstić information content (AvgIpc) is 0. The Labute approximate surface area is 99.5 Å². The molecule has 0 amide bonds. The van der Waals surface area contributed by atoms with Crippen molar-refractivity contribution in [2.24, 2.45) is 0 Å². The zero-order valence-electron chi connectivity index (χ0n) is 2.42. The molecule has 1 N–H and O–H groups in total. The predicted molar refractivity (Wildman–Crippen MR) is 9.08 cm³/mol. The Bertz CT molecular complexity index is 11.6. The van der Waals surface area contributed by atoms with E-state index in [2.05, 4.69) is 0 Å². The average molecular weight is 284 g/mol. The van der Waals surface area contributed by atoms with Gasteiger partial charge < -0.3 is 5.48 Å². The summed E-state index contributed by atoms with van der Waals surface area (Å²) in [7, 11) is 0. The quantitative estimate of drug-likeness (QED) is 0.534. The van der Waals surface area contributed by atoms with E-state index in [-0.39, 0.29) is 102 Å². The van der Waals surface area contributed by atoms with Crippen molar-refractivity contribution in [2.45, 2.75) is 0 Å². The molecule has 0 spiro atoms. The molecule has 39 valence electrons. The third-order valence-electron chi connectivity index (χ3n) is 0. The topological polar surface area (TPSA) is 30.0 Å². The molecular formula is H2CuFeNiOSr. The first-order valence-electron chi connectivity index (χ1n) is 0. The minimum atomic E-state index is 0. The van der Waals surface area contributed by atoms with Crippen LogP contribution in [0.25, 0.3) is 0 Å². The number of hydrogen-bond acceptors (Lipinski definition) is 1. The van der Waals surface area contributed by atoms with Gasteiger partial charge in [0.25, 0.3) is 0 Å². The van der Waals surface area contributed by atoms with Gasteiger partial charge in [-0.1, -0.05) is 0 Å². The Kier molecular flexibility index (Phi) is 247. The summed E-state index contributed by atoms with van der Waals surface area (Å²) >= 11 is 0. The van der Waals surface area contributed by atoms with Gasteiger partial charge in [-0.25, -0.2) is 0 Å². The van der Waals surface area contributed by atoms with Crippen molar-refractivity contribution < 1.29 is 56.1 Å². The molecule has 0 bridgehead atoms. The van der Waals surface area contributed by atoms with Crippen LogP contribution in [0.4, 0.5) is 0 Å². The molecule has 0 heterocycles. The molecule has 0 aliphatic heterocycles. The van der Waals surface area contributed by atoms with Gasteiger partial charge in [0.05, 0.1) is 0 Å². The molecule has 5 heteroatoms. The zero-order valence-corrected chi connectivity index (χ0v) is 10.4. The Balaban J connectivity index is 0. The van der Waals surface area contributed by atoms with Crippen LogP contribution < -0.4 is 0 Å². The molecule has 0 aliphatic carbocycles. The van der Waals surface area contributed by atoms with E-state index < -0.39 is 0 Å². The van der Waals surface area contributed by atoms with Crippen molar-refractivity contribution in [3.8, 4) is 0 Å². The van der Waals surface area contributed by atoms with Crippen LogP contribution in [0.3, 0.4) is 0 Å². The van der Waals surface area contributed by atoms with Crippen LogP contribution in [-0.2, 0) is 50.6 Å². The van der Waals surface area contributed by atoms with Gasteiger partial charge in [0.1, 0.15) is 0 Å². The molecule has 0 aromatic rings. The van der Waals surface area contributed by atoms with Gasteiger partial charge in [0.15, 0.2) is 0 Å². The van der Waals surface area contributed by atoms with Crippen LogP contribution in [0, 0.1) is 0 Å². The second-order valence-electron chi connectivity index (χ2n) is 0. The first-order chi connectivity index (χ1) is 0. The van der Waals surface area contributed by atoms with Crippen LogP contribution >= 0.6 is 0 Å². The van der Waals surface area contributed by atoms with Gasteiger partial charge >= 0.3 is 45.5 Å². The second kappa shape index (κ2) is 28.1. The summed E-state index contributed by atoms with van der Waals surface area (Å²) in [6.45, 7) is 0. The third-order valence-corrected chi connectivity index (χ3v) is 0. The van der Waals surface area contributed by atoms with Gasteiger partial charge in [-0.05, 0) is 0 Å². The molecule has 1 radical (unpaired) electrons. The number of hydrogen-bond donors (Lipinski definition) is 0. The van der Waals surface area contributed by atoms with Crippen LogP contribution in [0.5, 0.6) is 0 Å². The molecule has 0 aliphatic rings. The summed E-state index contributed by atoms with van der Waals surface area (Å²) < 4.78 is 0. The molecule has 1 nitrogen and oxygen atoms in total. The molecule has 0 rings (SSSR count). The van der Waals surface area contributed by atoms with E-state index in [1.54, 1.807) is 0 Å². The van der Waals surface area contributed by atoms with E-state index in [0.717, 1.165) is 0 Å².